The van der Waals surface area contributed by atoms with Crippen molar-refractivity contribution in [3.8, 4) is 0 Å². The van der Waals surface area contributed by atoms with Gasteiger partial charge in [0.05, 0.1) is 13.2 Å². The second-order valence-corrected chi connectivity index (χ2v) is 3.82. The van der Waals surface area contributed by atoms with Gasteiger partial charge >= 0.3 is 0 Å². The van der Waals surface area contributed by atoms with Crippen molar-refractivity contribution in [2.45, 2.75) is 6.42 Å². The highest BCUT2D eigenvalue weighted by molar-refractivity contribution is 4.74. The fourth-order valence-corrected chi connectivity index (χ4v) is 2.05. The van der Waals surface area contributed by atoms with Crippen molar-refractivity contribution < 1.29 is 9.84 Å². The minimum Gasteiger partial charge on any atom is -0.396 e. The van der Waals surface area contributed by atoms with E-state index in [2.05, 4.69) is 10.0 Å². The molecule has 0 bridgehead atoms. The molecule has 0 aromatic heterocycles. The molecule has 0 spiro atoms. The van der Waals surface area contributed by atoms with Crippen LogP contribution >= 0.6 is 0 Å². The van der Waals surface area contributed by atoms with Crippen LogP contribution < -0.4 is 0 Å². The van der Waals surface area contributed by atoms with E-state index in [0.29, 0.717) is 12.5 Å². The highest BCUT2D eigenvalue weighted by Crippen LogP contribution is 2.17. The average molecular weight is 186 g/mol. The molecule has 1 unspecified atom stereocenters. The molecule has 2 aliphatic heterocycles. The van der Waals surface area contributed by atoms with E-state index >= 15 is 0 Å². The summed E-state index contributed by atoms with van der Waals surface area (Å²) in [5, 5.41) is 13.7. The van der Waals surface area contributed by atoms with Crippen molar-refractivity contribution in [1.29, 1.82) is 0 Å². The number of ether oxygens (including phenoxy) is 1. The van der Waals surface area contributed by atoms with Crippen molar-refractivity contribution in [2.75, 3.05) is 46.0 Å². The Bertz CT molecular complexity index is 160. The fraction of sp³-hybridized carbons (Fsp3) is 1.00. The number of hydrogen-bond acceptors (Lipinski definition) is 4. The molecule has 2 rings (SSSR count). The van der Waals surface area contributed by atoms with Crippen molar-refractivity contribution >= 4 is 0 Å². The van der Waals surface area contributed by atoms with E-state index in [-0.39, 0.29) is 0 Å². The van der Waals surface area contributed by atoms with Crippen molar-refractivity contribution in [3.63, 3.8) is 0 Å². The van der Waals surface area contributed by atoms with Crippen LogP contribution in [0, 0.1) is 5.92 Å². The molecule has 1 atom stereocenters. The van der Waals surface area contributed by atoms with E-state index in [1.165, 1.54) is 0 Å². The lowest BCUT2D eigenvalue weighted by Crippen LogP contribution is -2.47. The summed E-state index contributed by atoms with van der Waals surface area (Å²) < 4.78 is 5.29. The molecule has 2 heterocycles. The molecule has 0 aliphatic carbocycles. The Morgan fingerprint density at radius 1 is 1.15 bits per heavy atom. The maximum absolute atomic E-state index is 9.01. The molecule has 1 N–H and O–H groups in total. The molecule has 0 aromatic rings. The van der Waals surface area contributed by atoms with E-state index in [1.807, 2.05) is 0 Å². The number of nitrogens with zero attached hydrogens (tertiary/aromatic N) is 2. The number of hydrazine groups is 1. The number of morpholine rings is 1. The molecule has 13 heavy (non-hydrogen) atoms. The Balaban J connectivity index is 1.80. The van der Waals surface area contributed by atoms with Crippen LogP contribution in [0.4, 0.5) is 0 Å². The van der Waals surface area contributed by atoms with Gasteiger partial charge in [-0.05, 0) is 12.3 Å². The molecular weight excluding hydrogens is 168 g/mol. The highest BCUT2D eigenvalue weighted by Gasteiger charge is 2.27. The Morgan fingerprint density at radius 3 is 2.54 bits per heavy atom. The van der Waals surface area contributed by atoms with Crippen molar-refractivity contribution in [3.05, 3.63) is 0 Å². The zero-order valence-corrected chi connectivity index (χ0v) is 7.98. The Kier molecular flexibility index (Phi) is 3.16. The van der Waals surface area contributed by atoms with E-state index in [0.717, 1.165) is 45.8 Å². The number of hydrogen-bond donors (Lipinski definition) is 1. The third kappa shape index (κ3) is 2.20. The lowest BCUT2D eigenvalue weighted by molar-refractivity contribution is -0.0798. The summed E-state index contributed by atoms with van der Waals surface area (Å²) in [5.41, 5.74) is 0. The molecule has 2 fully saturated rings. The highest BCUT2D eigenvalue weighted by atomic mass is 16.5. The zero-order valence-electron chi connectivity index (χ0n) is 7.98. The van der Waals surface area contributed by atoms with Crippen LogP contribution in [0.1, 0.15) is 6.42 Å². The summed E-state index contributed by atoms with van der Waals surface area (Å²) in [6.07, 6.45) is 1.13. The van der Waals surface area contributed by atoms with Crippen LogP contribution in [0.3, 0.4) is 0 Å². The SMILES string of the molecule is OCC1CCN(N2CCOCC2)C1. The first-order chi connectivity index (χ1) is 6.40. The molecular formula is C9H18N2O2. The van der Waals surface area contributed by atoms with Gasteiger partial charge < -0.3 is 9.84 Å². The second kappa shape index (κ2) is 4.37. The summed E-state index contributed by atoms with van der Waals surface area (Å²) in [5.74, 6) is 0.489. The molecule has 4 heteroatoms. The van der Waals surface area contributed by atoms with Crippen molar-refractivity contribution in [1.82, 2.24) is 10.0 Å². The molecule has 0 radical (unpaired) electrons. The van der Waals surface area contributed by atoms with Gasteiger partial charge in [0, 0.05) is 32.8 Å². The van der Waals surface area contributed by atoms with Gasteiger partial charge in [-0.1, -0.05) is 0 Å². The van der Waals surface area contributed by atoms with Crippen LogP contribution in [-0.4, -0.2) is 61.1 Å². The summed E-state index contributed by atoms with van der Waals surface area (Å²) in [6.45, 7) is 6.18. The van der Waals surface area contributed by atoms with Gasteiger partial charge in [-0.2, -0.15) is 0 Å². The molecule has 4 nitrogen and oxygen atoms in total. The average Bonchev–Trinajstić information content (AvgIpc) is 2.67. The van der Waals surface area contributed by atoms with Gasteiger partial charge in [0.1, 0.15) is 0 Å². The van der Waals surface area contributed by atoms with Gasteiger partial charge in [-0.3, -0.25) is 0 Å². The van der Waals surface area contributed by atoms with Crippen LogP contribution in [0.25, 0.3) is 0 Å². The maximum Gasteiger partial charge on any atom is 0.0608 e. The normalized spacial score (nSPS) is 32.5. The van der Waals surface area contributed by atoms with Gasteiger partial charge in [0.25, 0.3) is 0 Å². The first kappa shape index (κ1) is 9.40. The third-order valence-corrected chi connectivity index (χ3v) is 2.91. The second-order valence-electron chi connectivity index (χ2n) is 3.82. The number of aliphatic hydroxyl groups excluding tert-OH is 1. The van der Waals surface area contributed by atoms with Crippen LogP contribution in [0.2, 0.25) is 0 Å². The minimum atomic E-state index is 0.334. The monoisotopic (exact) mass is 186 g/mol. The van der Waals surface area contributed by atoms with Gasteiger partial charge in [0.2, 0.25) is 0 Å². The largest absolute Gasteiger partial charge is 0.396 e. The lowest BCUT2D eigenvalue weighted by atomic mass is 10.1. The molecule has 0 amide bonds. The van der Waals surface area contributed by atoms with Gasteiger partial charge in [-0.15, -0.1) is 0 Å². The quantitative estimate of drug-likeness (QED) is 0.633. The lowest BCUT2D eigenvalue weighted by Gasteiger charge is -2.34. The van der Waals surface area contributed by atoms with Gasteiger partial charge in [-0.25, -0.2) is 10.0 Å². The smallest absolute Gasteiger partial charge is 0.0608 e. The zero-order chi connectivity index (χ0) is 9.10. The van der Waals surface area contributed by atoms with Crippen LogP contribution in [-0.2, 0) is 4.74 Å². The first-order valence-electron chi connectivity index (χ1n) is 5.08. The van der Waals surface area contributed by atoms with E-state index in [9.17, 15) is 0 Å². The van der Waals surface area contributed by atoms with Crippen molar-refractivity contribution in [2.24, 2.45) is 5.92 Å². The summed E-state index contributed by atoms with van der Waals surface area (Å²) >= 11 is 0. The molecule has 2 aliphatic rings. The topological polar surface area (TPSA) is 35.9 Å². The summed E-state index contributed by atoms with van der Waals surface area (Å²) in [7, 11) is 0. The van der Waals surface area contributed by atoms with Crippen LogP contribution in [0.15, 0.2) is 0 Å². The third-order valence-electron chi connectivity index (χ3n) is 2.91. The maximum atomic E-state index is 9.01. The summed E-state index contributed by atoms with van der Waals surface area (Å²) in [6, 6.07) is 0. The molecule has 0 saturated carbocycles. The molecule has 2 saturated heterocycles. The van der Waals surface area contributed by atoms with Gasteiger partial charge in [0.15, 0.2) is 0 Å². The molecule has 76 valence electrons. The standard InChI is InChI=1S/C9H18N2O2/c12-8-9-1-2-11(7-9)10-3-5-13-6-4-10/h9,12H,1-8H2. The van der Waals surface area contributed by atoms with E-state index in [1.54, 1.807) is 0 Å². The Labute approximate surface area is 79.0 Å². The number of rotatable bonds is 2. The Hall–Kier alpha value is -0.160. The van der Waals surface area contributed by atoms with E-state index < -0.39 is 0 Å². The van der Waals surface area contributed by atoms with E-state index in [4.69, 9.17) is 9.84 Å². The predicted molar refractivity (Wildman–Crippen MR) is 49.2 cm³/mol. The first-order valence-corrected chi connectivity index (χ1v) is 5.08. The minimum absolute atomic E-state index is 0.334. The fourth-order valence-electron chi connectivity index (χ4n) is 2.05. The number of aliphatic hydroxyl groups is 1. The predicted octanol–water partition coefficient (Wildman–Crippen LogP) is -0.452. The summed E-state index contributed by atoms with van der Waals surface area (Å²) in [4.78, 5) is 0. The molecule has 0 aromatic carbocycles. The van der Waals surface area contributed by atoms with Crippen LogP contribution in [0.5, 0.6) is 0 Å². The Morgan fingerprint density at radius 2 is 1.92 bits per heavy atom.